The highest BCUT2D eigenvalue weighted by molar-refractivity contribution is 5.91. The number of piperazine rings is 1. The van der Waals surface area contributed by atoms with E-state index in [1.165, 1.54) is 10.9 Å². The number of carbonyl (C=O) groups is 1. The Balaban J connectivity index is 1.31. The first-order valence-corrected chi connectivity index (χ1v) is 9.43. The summed E-state index contributed by atoms with van der Waals surface area (Å²) in [5, 5.41) is 4.14. The number of rotatable bonds is 5. The molecule has 1 aliphatic heterocycles. The molecule has 1 aliphatic rings. The third-order valence-electron chi connectivity index (χ3n) is 5.16. The standard InChI is InChI=1S/C21H25N5O/c1-25-10-12-26(13-11-25)20-8-7-17(15-23-20)24-21(27)9-6-16-14-22-19-5-3-2-4-18(16)19/h2-5,7-8,14-15,22H,6,9-13H2,1H3,(H,24,27). The summed E-state index contributed by atoms with van der Waals surface area (Å²) in [4.78, 5) is 24.7. The van der Waals surface area contributed by atoms with Crippen LogP contribution < -0.4 is 10.2 Å². The van der Waals surface area contributed by atoms with Crippen molar-refractivity contribution in [1.29, 1.82) is 0 Å². The van der Waals surface area contributed by atoms with E-state index in [9.17, 15) is 4.79 Å². The number of aromatic amines is 1. The molecule has 6 nitrogen and oxygen atoms in total. The minimum atomic E-state index is 0.00873. The number of para-hydroxylation sites is 1. The van der Waals surface area contributed by atoms with Gasteiger partial charge in [0.05, 0.1) is 11.9 Å². The molecule has 0 aliphatic carbocycles. The van der Waals surface area contributed by atoms with Crippen molar-refractivity contribution in [2.45, 2.75) is 12.8 Å². The Morgan fingerprint density at radius 3 is 2.74 bits per heavy atom. The molecule has 3 aromatic rings. The molecule has 2 N–H and O–H groups in total. The fourth-order valence-electron chi connectivity index (χ4n) is 3.49. The molecular formula is C21H25N5O. The van der Waals surface area contributed by atoms with Crippen molar-refractivity contribution in [3.05, 3.63) is 54.4 Å². The lowest BCUT2D eigenvalue weighted by Crippen LogP contribution is -2.44. The number of pyridine rings is 1. The fourth-order valence-corrected chi connectivity index (χ4v) is 3.49. The first kappa shape index (κ1) is 17.5. The Morgan fingerprint density at radius 1 is 1.15 bits per heavy atom. The van der Waals surface area contributed by atoms with Crippen molar-refractivity contribution < 1.29 is 4.79 Å². The number of carbonyl (C=O) groups excluding carboxylic acids is 1. The van der Waals surface area contributed by atoms with E-state index in [2.05, 4.69) is 38.2 Å². The molecule has 0 radical (unpaired) electrons. The molecule has 2 aromatic heterocycles. The first-order valence-electron chi connectivity index (χ1n) is 9.43. The summed E-state index contributed by atoms with van der Waals surface area (Å²) in [7, 11) is 2.14. The highest BCUT2D eigenvalue weighted by atomic mass is 16.1. The number of H-pyrrole nitrogens is 1. The zero-order valence-corrected chi connectivity index (χ0v) is 15.6. The minimum absolute atomic E-state index is 0.00873. The van der Waals surface area contributed by atoms with E-state index in [1.54, 1.807) is 6.20 Å². The molecule has 1 saturated heterocycles. The van der Waals surface area contributed by atoms with Crippen LogP contribution in [0.25, 0.3) is 10.9 Å². The lowest BCUT2D eigenvalue weighted by Gasteiger charge is -2.33. The quantitative estimate of drug-likeness (QED) is 0.732. The zero-order valence-electron chi connectivity index (χ0n) is 15.6. The van der Waals surface area contributed by atoms with Crippen LogP contribution in [0.1, 0.15) is 12.0 Å². The van der Waals surface area contributed by atoms with Gasteiger partial charge in [0.15, 0.2) is 0 Å². The van der Waals surface area contributed by atoms with Gasteiger partial charge in [0.2, 0.25) is 5.91 Å². The number of aryl methyl sites for hydroxylation is 1. The van der Waals surface area contributed by atoms with Crippen LogP contribution in [0.15, 0.2) is 48.8 Å². The Bertz CT molecular complexity index is 910. The van der Waals surface area contributed by atoms with Gasteiger partial charge in [-0.3, -0.25) is 4.79 Å². The SMILES string of the molecule is CN1CCN(c2ccc(NC(=O)CCc3c[nH]c4ccccc34)cn2)CC1. The summed E-state index contributed by atoms with van der Waals surface area (Å²) < 4.78 is 0. The smallest absolute Gasteiger partial charge is 0.224 e. The number of aromatic nitrogens is 2. The maximum Gasteiger partial charge on any atom is 0.224 e. The Labute approximate surface area is 159 Å². The van der Waals surface area contributed by atoms with Crippen molar-refractivity contribution in [2.24, 2.45) is 0 Å². The maximum atomic E-state index is 12.3. The van der Waals surface area contributed by atoms with Crippen LogP contribution in [0, 0.1) is 0 Å². The highest BCUT2D eigenvalue weighted by Crippen LogP contribution is 2.20. The summed E-state index contributed by atoms with van der Waals surface area (Å²) >= 11 is 0. The maximum absolute atomic E-state index is 12.3. The third-order valence-corrected chi connectivity index (χ3v) is 5.16. The molecule has 1 amide bonds. The number of anilines is 2. The van der Waals surface area contributed by atoms with Crippen molar-refractivity contribution in [3.63, 3.8) is 0 Å². The summed E-state index contributed by atoms with van der Waals surface area (Å²) in [6.45, 7) is 4.07. The summed E-state index contributed by atoms with van der Waals surface area (Å²) in [6.07, 6.45) is 4.90. The van der Waals surface area contributed by atoms with Crippen molar-refractivity contribution in [2.75, 3.05) is 43.4 Å². The van der Waals surface area contributed by atoms with Gasteiger partial charge in [-0.2, -0.15) is 0 Å². The highest BCUT2D eigenvalue weighted by Gasteiger charge is 2.15. The minimum Gasteiger partial charge on any atom is -0.361 e. The van der Waals surface area contributed by atoms with Gasteiger partial charge in [-0.15, -0.1) is 0 Å². The number of likely N-dealkylation sites (N-methyl/N-ethyl adjacent to an activating group) is 1. The van der Waals surface area contributed by atoms with E-state index < -0.39 is 0 Å². The number of nitrogens with zero attached hydrogens (tertiary/aromatic N) is 3. The second-order valence-corrected chi connectivity index (χ2v) is 7.10. The number of hydrogen-bond acceptors (Lipinski definition) is 4. The molecular weight excluding hydrogens is 338 g/mol. The van der Waals surface area contributed by atoms with E-state index in [-0.39, 0.29) is 5.91 Å². The normalized spacial score (nSPS) is 15.2. The van der Waals surface area contributed by atoms with Crippen molar-refractivity contribution >= 4 is 28.3 Å². The van der Waals surface area contributed by atoms with Gasteiger partial charge < -0.3 is 20.1 Å². The van der Waals surface area contributed by atoms with Crippen LogP contribution in [0.4, 0.5) is 11.5 Å². The molecule has 0 spiro atoms. The molecule has 0 atom stereocenters. The predicted octanol–water partition coefficient (Wildman–Crippen LogP) is 2.89. The van der Waals surface area contributed by atoms with Crippen LogP contribution in [0.3, 0.4) is 0 Å². The number of nitrogens with one attached hydrogen (secondary N) is 2. The number of benzene rings is 1. The number of fused-ring (bicyclic) bond motifs is 1. The molecule has 0 bridgehead atoms. The Kier molecular flexibility index (Phi) is 5.07. The van der Waals surface area contributed by atoms with Gasteiger partial charge >= 0.3 is 0 Å². The van der Waals surface area contributed by atoms with E-state index >= 15 is 0 Å². The molecule has 1 fully saturated rings. The van der Waals surface area contributed by atoms with Gasteiger partial charge in [0.25, 0.3) is 0 Å². The van der Waals surface area contributed by atoms with Crippen LogP contribution in [0.5, 0.6) is 0 Å². The molecule has 4 rings (SSSR count). The van der Waals surface area contributed by atoms with E-state index in [1.807, 2.05) is 36.5 Å². The van der Waals surface area contributed by atoms with Gasteiger partial charge in [-0.25, -0.2) is 4.98 Å². The van der Waals surface area contributed by atoms with E-state index in [0.29, 0.717) is 12.8 Å². The second-order valence-electron chi connectivity index (χ2n) is 7.10. The third kappa shape index (κ3) is 4.11. The number of hydrogen-bond donors (Lipinski definition) is 2. The molecule has 6 heteroatoms. The first-order chi connectivity index (χ1) is 13.2. The van der Waals surface area contributed by atoms with Gasteiger partial charge in [-0.1, -0.05) is 18.2 Å². The lowest BCUT2D eigenvalue weighted by molar-refractivity contribution is -0.116. The zero-order chi connectivity index (χ0) is 18.6. The predicted molar refractivity (Wildman–Crippen MR) is 109 cm³/mol. The second kappa shape index (κ2) is 7.80. The molecule has 1 aromatic carbocycles. The fraction of sp³-hybridized carbons (Fsp3) is 0.333. The molecule has 0 unspecified atom stereocenters. The molecule has 140 valence electrons. The van der Waals surface area contributed by atoms with Crippen molar-refractivity contribution in [1.82, 2.24) is 14.9 Å². The topological polar surface area (TPSA) is 64.3 Å². The summed E-state index contributed by atoms with van der Waals surface area (Å²) in [5.74, 6) is 0.981. The van der Waals surface area contributed by atoms with Gasteiger partial charge in [-0.05, 0) is 37.2 Å². The van der Waals surface area contributed by atoms with Crippen LogP contribution >= 0.6 is 0 Å². The largest absolute Gasteiger partial charge is 0.361 e. The average molecular weight is 363 g/mol. The Morgan fingerprint density at radius 2 is 1.96 bits per heavy atom. The number of amides is 1. The molecule has 0 saturated carbocycles. The summed E-state index contributed by atoms with van der Waals surface area (Å²) in [6, 6.07) is 12.1. The van der Waals surface area contributed by atoms with Crippen LogP contribution in [0.2, 0.25) is 0 Å². The van der Waals surface area contributed by atoms with E-state index in [4.69, 9.17) is 0 Å². The Hall–Kier alpha value is -2.86. The summed E-state index contributed by atoms with van der Waals surface area (Å²) in [5.41, 5.74) is 3.03. The van der Waals surface area contributed by atoms with Crippen LogP contribution in [-0.2, 0) is 11.2 Å². The van der Waals surface area contributed by atoms with Gasteiger partial charge in [0.1, 0.15) is 5.82 Å². The van der Waals surface area contributed by atoms with Crippen molar-refractivity contribution in [3.8, 4) is 0 Å². The lowest BCUT2D eigenvalue weighted by atomic mass is 10.1. The van der Waals surface area contributed by atoms with Gasteiger partial charge in [0, 0.05) is 49.7 Å². The van der Waals surface area contributed by atoms with E-state index in [0.717, 1.165) is 43.2 Å². The molecule has 27 heavy (non-hydrogen) atoms. The molecule has 3 heterocycles. The van der Waals surface area contributed by atoms with Crippen LogP contribution in [-0.4, -0.2) is 54.0 Å². The average Bonchev–Trinajstić information content (AvgIpc) is 3.11. The monoisotopic (exact) mass is 363 g/mol.